The average molecular weight is 472 g/mol. The molecule has 0 saturated carbocycles. The minimum Gasteiger partial charge on any atom is -0.481 e. The number of carbonyl (C=O) groups is 2. The first-order chi connectivity index (χ1) is 15.9. The van der Waals surface area contributed by atoms with Crippen molar-refractivity contribution >= 4 is 23.4 Å². The van der Waals surface area contributed by atoms with Crippen LogP contribution in [0.1, 0.15) is 28.9 Å². The first-order valence-corrected chi connectivity index (χ1v) is 10.9. The maximum Gasteiger partial charge on any atom is 0.274 e. The van der Waals surface area contributed by atoms with Gasteiger partial charge in [-0.2, -0.15) is 5.10 Å². The van der Waals surface area contributed by atoms with Crippen molar-refractivity contribution in [2.24, 2.45) is 5.92 Å². The molecule has 8 nitrogen and oxygen atoms in total. The van der Waals surface area contributed by atoms with E-state index in [1.807, 2.05) is 12.1 Å². The van der Waals surface area contributed by atoms with E-state index in [1.165, 1.54) is 19.2 Å². The van der Waals surface area contributed by atoms with Crippen molar-refractivity contribution in [2.45, 2.75) is 19.4 Å². The van der Waals surface area contributed by atoms with Crippen LogP contribution in [-0.2, 0) is 11.3 Å². The van der Waals surface area contributed by atoms with Crippen LogP contribution in [0.25, 0.3) is 11.3 Å². The highest BCUT2D eigenvalue weighted by Gasteiger charge is 2.30. The second-order valence-corrected chi connectivity index (χ2v) is 8.25. The molecule has 3 heterocycles. The molecule has 1 aliphatic rings. The summed E-state index contributed by atoms with van der Waals surface area (Å²) < 4.78 is 19.2. The Kier molecular flexibility index (Phi) is 6.88. The second-order valence-electron chi connectivity index (χ2n) is 7.81. The molecule has 10 heteroatoms. The third-order valence-corrected chi connectivity index (χ3v) is 5.80. The number of piperidine rings is 1. The Balaban J connectivity index is 1.40. The molecule has 2 aromatic heterocycles. The summed E-state index contributed by atoms with van der Waals surface area (Å²) in [6, 6.07) is 10.2. The number of H-pyrrole nitrogens is 1. The van der Waals surface area contributed by atoms with Gasteiger partial charge in [0.25, 0.3) is 5.91 Å². The Morgan fingerprint density at radius 3 is 2.97 bits per heavy atom. The largest absolute Gasteiger partial charge is 0.481 e. The predicted molar refractivity (Wildman–Crippen MR) is 120 cm³/mol. The number of carbonyl (C=O) groups excluding carboxylic acids is 2. The fraction of sp³-hybridized carbons (Fsp3) is 0.304. The van der Waals surface area contributed by atoms with Crippen LogP contribution in [0.2, 0.25) is 5.02 Å². The van der Waals surface area contributed by atoms with Crippen molar-refractivity contribution in [3.63, 3.8) is 0 Å². The maximum absolute atomic E-state index is 14.2. The number of aromatic nitrogens is 3. The highest BCUT2D eigenvalue weighted by molar-refractivity contribution is 6.30. The number of pyridine rings is 1. The molecule has 3 aromatic rings. The lowest BCUT2D eigenvalue weighted by Crippen LogP contribution is -2.45. The quantitative estimate of drug-likeness (QED) is 0.573. The van der Waals surface area contributed by atoms with Gasteiger partial charge in [-0.05, 0) is 36.6 Å². The molecule has 33 heavy (non-hydrogen) atoms. The van der Waals surface area contributed by atoms with Crippen LogP contribution in [0.4, 0.5) is 4.39 Å². The molecule has 1 atom stereocenters. The molecule has 0 aliphatic carbocycles. The number of rotatable bonds is 6. The highest BCUT2D eigenvalue weighted by atomic mass is 35.5. The lowest BCUT2D eigenvalue weighted by Gasteiger charge is -2.31. The highest BCUT2D eigenvalue weighted by Crippen LogP contribution is 2.25. The summed E-state index contributed by atoms with van der Waals surface area (Å²) in [6.45, 7) is 1.18. The van der Waals surface area contributed by atoms with E-state index in [0.29, 0.717) is 43.2 Å². The van der Waals surface area contributed by atoms with Crippen LogP contribution in [-0.4, -0.2) is 52.1 Å². The van der Waals surface area contributed by atoms with Crippen molar-refractivity contribution in [2.75, 3.05) is 20.2 Å². The normalized spacial score (nSPS) is 15.8. The molecule has 0 radical (unpaired) electrons. The fourth-order valence-corrected chi connectivity index (χ4v) is 4.04. The third-order valence-electron chi connectivity index (χ3n) is 5.56. The SMILES string of the molecule is COc1cc(-c2cc(C(=O)N3CCC[C@@H](C(=O)NCc4cccc(Cl)c4)C3)n[nH]2)c(F)cn1. The van der Waals surface area contributed by atoms with Crippen molar-refractivity contribution < 1.29 is 18.7 Å². The van der Waals surface area contributed by atoms with Crippen LogP contribution in [0.3, 0.4) is 0 Å². The Morgan fingerprint density at radius 1 is 1.33 bits per heavy atom. The third kappa shape index (κ3) is 5.31. The zero-order chi connectivity index (χ0) is 23.4. The molecule has 2 amide bonds. The van der Waals surface area contributed by atoms with Crippen molar-refractivity contribution in [3.8, 4) is 17.1 Å². The molecule has 1 fully saturated rings. The standard InChI is InChI=1S/C23H23ClFN5O3/c1-33-21-9-17(18(25)12-26-21)19-10-20(29-28-19)23(32)30-7-3-5-15(13-30)22(31)27-11-14-4-2-6-16(24)8-14/h2,4,6,8-10,12,15H,3,5,7,11,13H2,1H3,(H,27,31)(H,28,29)/t15-/m1/s1. The van der Waals surface area contributed by atoms with E-state index in [9.17, 15) is 14.0 Å². The molecule has 1 saturated heterocycles. The number of amides is 2. The number of hydrogen-bond acceptors (Lipinski definition) is 5. The Hall–Kier alpha value is -3.46. The number of nitrogens with zero attached hydrogens (tertiary/aromatic N) is 3. The molecule has 0 spiro atoms. The smallest absolute Gasteiger partial charge is 0.274 e. The van der Waals surface area contributed by atoms with Gasteiger partial charge in [0.15, 0.2) is 11.5 Å². The number of benzene rings is 1. The lowest BCUT2D eigenvalue weighted by atomic mass is 9.96. The Bertz CT molecular complexity index is 1170. The second kappa shape index (κ2) is 9.99. The number of aromatic amines is 1. The van der Waals surface area contributed by atoms with Crippen LogP contribution in [0.5, 0.6) is 5.88 Å². The van der Waals surface area contributed by atoms with Crippen molar-refractivity contribution in [3.05, 3.63) is 64.7 Å². The molecular weight excluding hydrogens is 449 g/mol. The number of hydrogen-bond donors (Lipinski definition) is 2. The Labute approximate surface area is 195 Å². The molecule has 1 aliphatic heterocycles. The molecule has 0 unspecified atom stereocenters. The van der Waals surface area contributed by atoms with E-state index >= 15 is 0 Å². The van der Waals surface area contributed by atoms with Gasteiger partial charge in [0, 0.05) is 36.3 Å². The number of halogens is 2. The first kappa shape index (κ1) is 22.7. The van der Waals surface area contributed by atoms with E-state index < -0.39 is 5.82 Å². The van der Waals surface area contributed by atoms with Gasteiger partial charge in [-0.15, -0.1) is 0 Å². The zero-order valence-corrected chi connectivity index (χ0v) is 18.7. The topological polar surface area (TPSA) is 100 Å². The maximum atomic E-state index is 14.2. The number of methoxy groups -OCH3 is 1. The number of ether oxygens (including phenoxy) is 1. The van der Waals surface area contributed by atoms with E-state index in [2.05, 4.69) is 20.5 Å². The average Bonchev–Trinajstić information content (AvgIpc) is 3.32. The molecule has 172 valence electrons. The number of nitrogens with one attached hydrogen (secondary N) is 2. The molecule has 2 N–H and O–H groups in total. The molecule has 4 rings (SSSR count). The lowest BCUT2D eigenvalue weighted by molar-refractivity contribution is -0.126. The van der Waals surface area contributed by atoms with Gasteiger partial charge in [-0.1, -0.05) is 23.7 Å². The summed E-state index contributed by atoms with van der Waals surface area (Å²) in [5, 5.41) is 10.3. The first-order valence-electron chi connectivity index (χ1n) is 10.5. The summed E-state index contributed by atoms with van der Waals surface area (Å²) in [7, 11) is 1.43. The van der Waals surface area contributed by atoms with Crippen LogP contribution >= 0.6 is 11.6 Å². The van der Waals surface area contributed by atoms with Gasteiger partial charge in [-0.25, -0.2) is 9.37 Å². The van der Waals surface area contributed by atoms with Gasteiger partial charge in [-0.3, -0.25) is 14.7 Å². The Morgan fingerprint density at radius 2 is 2.18 bits per heavy atom. The minimum atomic E-state index is -0.562. The van der Waals surface area contributed by atoms with E-state index in [0.717, 1.165) is 11.8 Å². The summed E-state index contributed by atoms with van der Waals surface area (Å²) in [6.07, 6.45) is 2.45. The van der Waals surface area contributed by atoms with Gasteiger partial charge < -0.3 is 15.0 Å². The summed E-state index contributed by atoms with van der Waals surface area (Å²) in [4.78, 5) is 31.1. The van der Waals surface area contributed by atoms with Gasteiger partial charge in [0.2, 0.25) is 11.8 Å². The zero-order valence-electron chi connectivity index (χ0n) is 18.0. The summed E-state index contributed by atoms with van der Waals surface area (Å²) in [5.74, 6) is -1.06. The van der Waals surface area contributed by atoms with Crippen LogP contribution in [0.15, 0.2) is 42.6 Å². The van der Waals surface area contributed by atoms with Crippen molar-refractivity contribution in [1.82, 2.24) is 25.4 Å². The van der Waals surface area contributed by atoms with Crippen molar-refractivity contribution in [1.29, 1.82) is 0 Å². The van der Waals surface area contributed by atoms with E-state index in [4.69, 9.17) is 16.3 Å². The molecular formula is C23H23ClFN5O3. The van der Waals surface area contributed by atoms with Crippen LogP contribution in [0, 0.1) is 11.7 Å². The van der Waals surface area contributed by atoms with E-state index in [-0.39, 0.29) is 34.9 Å². The van der Waals surface area contributed by atoms with Gasteiger partial charge in [0.05, 0.1) is 24.9 Å². The minimum absolute atomic E-state index is 0.110. The molecule has 0 bridgehead atoms. The monoisotopic (exact) mass is 471 g/mol. The van der Waals surface area contributed by atoms with E-state index in [1.54, 1.807) is 17.0 Å². The van der Waals surface area contributed by atoms with Crippen LogP contribution < -0.4 is 10.1 Å². The number of likely N-dealkylation sites (tertiary alicyclic amines) is 1. The van der Waals surface area contributed by atoms with Gasteiger partial charge >= 0.3 is 0 Å². The summed E-state index contributed by atoms with van der Waals surface area (Å²) in [5.41, 5.74) is 1.60. The fourth-order valence-electron chi connectivity index (χ4n) is 3.82. The van der Waals surface area contributed by atoms with Gasteiger partial charge in [0.1, 0.15) is 0 Å². The molecule has 1 aromatic carbocycles. The summed E-state index contributed by atoms with van der Waals surface area (Å²) >= 11 is 5.99. The predicted octanol–water partition coefficient (Wildman–Crippen LogP) is 3.44.